The number of nitrogens with one attached hydrogen (secondary N) is 1. The summed E-state index contributed by atoms with van der Waals surface area (Å²) in [6.07, 6.45) is 6.45. The maximum atomic E-state index is 12.6. The van der Waals surface area contributed by atoms with E-state index in [4.69, 9.17) is 4.74 Å². The third-order valence-electron chi connectivity index (χ3n) is 6.25. The van der Waals surface area contributed by atoms with Crippen molar-refractivity contribution < 1.29 is 9.53 Å². The molecular formula is C20H30N4O3. The average molecular weight is 374 g/mol. The van der Waals surface area contributed by atoms with E-state index in [9.17, 15) is 9.59 Å². The second-order valence-electron chi connectivity index (χ2n) is 8.32. The Morgan fingerprint density at radius 1 is 1.26 bits per heavy atom. The number of hydrogen-bond donors (Lipinski definition) is 1. The van der Waals surface area contributed by atoms with Crippen molar-refractivity contribution in [3.05, 3.63) is 27.7 Å². The van der Waals surface area contributed by atoms with E-state index in [-0.39, 0.29) is 29.5 Å². The van der Waals surface area contributed by atoms with Crippen molar-refractivity contribution in [2.75, 3.05) is 26.7 Å². The van der Waals surface area contributed by atoms with Crippen molar-refractivity contribution in [1.29, 1.82) is 0 Å². The molecule has 3 heterocycles. The number of hydrogen-bond acceptors (Lipinski definition) is 5. The smallest absolute Gasteiger partial charge is 0.267 e. The average Bonchev–Trinajstić information content (AvgIpc) is 2.68. The van der Waals surface area contributed by atoms with Crippen LogP contribution in [-0.2, 0) is 22.6 Å². The first-order valence-electron chi connectivity index (χ1n) is 10.3. The van der Waals surface area contributed by atoms with Crippen LogP contribution in [0.25, 0.3) is 0 Å². The van der Waals surface area contributed by atoms with Crippen molar-refractivity contribution in [1.82, 2.24) is 20.0 Å². The van der Waals surface area contributed by atoms with Crippen molar-refractivity contribution in [2.45, 2.75) is 63.6 Å². The van der Waals surface area contributed by atoms with Crippen LogP contribution in [-0.4, -0.2) is 53.4 Å². The maximum absolute atomic E-state index is 12.6. The van der Waals surface area contributed by atoms with E-state index in [1.54, 1.807) is 10.7 Å². The summed E-state index contributed by atoms with van der Waals surface area (Å²) >= 11 is 0. The lowest BCUT2D eigenvalue weighted by molar-refractivity contribution is -0.127. The Morgan fingerprint density at radius 3 is 2.85 bits per heavy atom. The van der Waals surface area contributed by atoms with Gasteiger partial charge in [-0.05, 0) is 52.1 Å². The molecule has 1 amide bonds. The molecule has 1 aliphatic carbocycles. The molecule has 0 bridgehead atoms. The Morgan fingerprint density at radius 2 is 2.07 bits per heavy atom. The minimum absolute atomic E-state index is 0.0306. The first-order valence-corrected chi connectivity index (χ1v) is 10.3. The molecule has 1 atom stereocenters. The topological polar surface area (TPSA) is 76.5 Å². The van der Waals surface area contributed by atoms with Crippen LogP contribution >= 0.6 is 0 Å². The monoisotopic (exact) mass is 374 g/mol. The molecule has 1 aromatic heterocycles. The SMILES string of the molecule is CN1CCCC(C(=O)NC2CCC(n3nc4c(cc3=O)COCC4)CC2)C1. The van der Waals surface area contributed by atoms with E-state index >= 15 is 0 Å². The Bertz CT molecular complexity index is 739. The highest BCUT2D eigenvalue weighted by atomic mass is 16.5. The van der Waals surface area contributed by atoms with Gasteiger partial charge in [0.2, 0.25) is 5.91 Å². The molecule has 148 valence electrons. The molecule has 0 radical (unpaired) electrons. The number of amides is 1. The molecule has 1 unspecified atom stereocenters. The lowest BCUT2D eigenvalue weighted by Gasteiger charge is -2.33. The van der Waals surface area contributed by atoms with E-state index < -0.39 is 0 Å². The summed E-state index contributed by atoms with van der Waals surface area (Å²) in [6.45, 7) is 3.11. The molecule has 1 saturated heterocycles. The first kappa shape index (κ1) is 18.6. The van der Waals surface area contributed by atoms with Crippen molar-refractivity contribution >= 4 is 5.91 Å². The molecule has 27 heavy (non-hydrogen) atoms. The molecule has 3 aliphatic rings. The van der Waals surface area contributed by atoms with Crippen LogP contribution < -0.4 is 10.9 Å². The van der Waals surface area contributed by atoms with Crippen LogP contribution in [0.1, 0.15) is 55.8 Å². The molecular weight excluding hydrogens is 344 g/mol. The predicted molar refractivity (Wildman–Crippen MR) is 102 cm³/mol. The van der Waals surface area contributed by atoms with Gasteiger partial charge in [-0.15, -0.1) is 0 Å². The zero-order valence-electron chi connectivity index (χ0n) is 16.2. The first-order chi connectivity index (χ1) is 13.1. The van der Waals surface area contributed by atoms with Gasteiger partial charge in [0, 0.05) is 30.6 Å². The van der Waals surface area contributed by atoms with E-state index in [2.05, 4.69) is 22.4 Å². The van der Waals surface area contributed by atoms with Crippen LogP contribution in [0.15, 0.2) is 10.9 Å². The fourth-order valence-corrected chi connectivity index (χ4v) is 4.65. The molecule has 0 spiro atoms. The number of fused-ring (bicyclic) bond motifs is 1. The lowest BCUT2D eigenvalue weighted by atomic mass is 9.90. The highest BCUT2D eigenvalue weighted by Crippen LogP contribution is 2.28. The number of carbonyl (C=O) groups excluding carboxylic acids is 1. The number of rotatable bonds is 3. The van der Waals surface area contributed by atoms with Gasteiger partial charge in [-0.3, -0.25) is 9.59 Å². The number of nitrogens with zero attached hydrogens (tertiary/aromatic N) is 3. The van der Waals surface area contributed by atoms with Gasteiger partial charge in [-0.25, -0.2) is 4.68 Å². The number of aromatic nitrogens is 2. The maximum Gasteiger partial charge on any atom is 0.267 e. The summed E-state index contributed by atoms with van der Waals surface area (Å²) < 4.78 is 7.09. The van der Waals surface area contributed by atoms with Gasteiger partial charge in [-0.1, -0.05) is 0 Å². The minimum Gasteiger partial charge on any atom is -0.376 e. The molecule has 4 rings (SSSR count). The van der Waals surface area contributed by atoms with Gasteiger partial charge < -0.3 is 15.0 Å². The van der Waals surface area contributed by atoms with Crippen molar-refractivity contribution in [2.24, 2.45) is 5.92 Å². The molecule has 2 aliphatic heterocycles. The number of likely N-dealkylation sites (tertiary alicyclic amines) is 1. The number of carbonyl (C=O) groups is 1. The van der Waals surface area contributed by atoms with Gasteiger partial charge >= 0.3 is 0 Å². The van der Waals surface area contributed by atoms with Gasteiger partial charge in [0.05, 0.1) is 30.9 Å². The third kappa shape index (κ3) is 4.24. The quantitative estimate of drug-likeness (QED) is 0.862. The van der Waals surface area contributed by atoms with Gasteiger partial charge in [0.15, 0.2) is 0 Å². The molecule has 2 fully saturated rings. The summed E-state index contributed by atoms with van der Waals surface area (Å²) in [5.41, 5.74) is 1.90. The molecule has 0 aromatic carbocycles. The Balaban J connectivity index is 1.34. The molecule has 7 heteroatoms. The highest BCUT2D eigenvalue weighted by molar-refractivity contribution is 5.79. The normalized spacial score (nSPS) is 29.1. The summed E-state index contributed by atoms with van der Waals surface area (Å²) in [5.74, 6) is 0.322. The predicted octanol–water partition coefficient (Wildman–Crippen LogP) is 1.26. The van der Waals surface area contributed by atoms with E-state index in [1.807, 2.05) is 0 Å². The molecule has 7 nitrogen and oxygen atoms in total. The second kappa shape index (κ2) is 8.10. The van der Waals surface area contributed by atoms with E-state index in [1.165, 1.54) is 0 Å². The fraction of sp³-hybridized carbons (Fsp3) is 0.750. The number of piperidine rings is 1. The van der Waals surface area contributed by atoms with Crippen molar-refractivity contribution in [3.8, 4) is 0 Å². The van der Waals surface area contributed by atoms with Gasteiger partial charge in [0.25, 0.3) is 5.56 Å². The zero-order chi connectivity index (χ0) is 18.8. The van der Waals surface area contributed by atoms with Crippen LogP contribution in [0, 0.1) is 5.92 Å². The van der Waals surface area contributed by atoms with Crippen LogP contribution in [0.4, 0.5) is 0 Å². The van der Waals surface area contributed by atoms with Crippen LogP contribution in [0.3, 0.4) is 0 Å². The van der Waals surface area contributed by atoms with Crippen LogP contribution in [0.2, 0.25) is 0 Å². The Kier molecular flexibility index (Phi) is 5.59. The summed E-state index contributed by atoms with van der Waals surface area (Å²) in [4.78, 5) is 27.3. The Labute approximate surface area is 160 Å². The summed E-state index contributed by atoms with van der Waals surface area (Å²) in [6, 6.07) is 2.05. The minimum atomic E-state index is -0.0306. The van der Waals surface area contributed by atoms with Crippen LogP contribution in [0.5, 0.6) is 0 Å². The van der Waals surface area contributed by atoms with Gasteiger partial charge in [0.1, 0.15) is 0 Å². The summed E-state index contributed by atoms with van der Waals surface area (Å²) in [7, 11) is 2.08. The van der Waals surface area contributed by atoms with Gasteiger partial charge in [-0.2, -0.15) is 5.10 Å². The lowest BCUT2D eigenvalue weighted by Crippen LogP contribution is -2.46. The standard InChI is InChI=1S/C20H30N4O3/c1-23-9-2-3-14(12-23)20(26)21-16-4-6-17(7-5-16)24-19(25)11-15-13-27-10-8-18(15)22-24/h11,14,16-17H,2-10,12-13H2,1H3,(H,21,26). The second-order valence-corrected chi connectivity index (χ2v) is 8.32. The molecule has 1 N–H and O–H groups in total. The third-order valence-corrected chi connectivity index (χ3v) is 6.25. The van der Waals surface area contributed by atoms with Crippen molar-refractivity contribution in [3.63, 3.8) is 0 Å². The highest BCUT2D eigenvalue weighted by Gasteiger charge is 2.29. The summed E-state index contributed by atoms with van der Waals surface area (Å²) in [5, 5.41) is 7.89. The van der Waals surface area contributed by atoms with E-state index in [0.717, 1.165) is 69.3 Å². The number of ether oxygens (including phenoxy) is 1. The largest absolute Gasteiger partial charge is 0.376 e. The molecule has 1 aromatic rings. The fourth-order valence-electron chi connectivity index (χ4n) is 4.65. The molecule has 1 saturated carbocycles. The van der Waals surface area contributed by atoms with E-state index in [0.29, 0.717) is 13.2 Å². The Hall–Kier alpha value is -1.73. The zero-order valence-corrected chi connectivity index (χ0v) is 16.2.